The van der Waals surface area contributed by atoms with Crippen LogP contribution in [0.15, 0.2) is 54.6 Å². The van der Waals surface area contributed by atoms with E-state index >= 15 is 0 Å². The van der Waals surface area contributed by atoms with E-state index in [2.05, 4.69) is 36.4 Å². The van der Waals surface area contributed by atoms with Gasteiger partial charge in [0.25, 0.3) is 0 Å². The van der Waals surface area contributed by atoms with Gasteiger partial charge in [-0.25, -0.2) is 0 Å². The predicted molar refractivity (Wildman–Crippen MR) is 81.7 cm³/mol. The molecule has 4 heteroatoms. The Bertz CT molecular complexity index is 572. The summed E-state index contributed by atoms with van der Waals surface area (Å²) in [5.41, 5.74) is 3.58. The van der Waals surface area contributed by atoms with Gasteiger partial charge < -0.3 is 9.79 Å². The minimum atomic E-state index is -3.83. The van der Waals surface area contributed by atoms with Crippen molar-refractivity contribution < 1.29 is 14.4 Å². The van der Waals surface area contributed by atoms with E-state index in [-0.39, 0.29) is 6.16 Å². The van der Waals surface area contributed by atoms with Crippen LogP contribution >= 0.6 is 7.60 Å². The number of hydrogen-bond acceptors (Lipinski definition) is 1. The number of unbranched alkanes of at least 4 members (excludes halogenated alkanes) is 1. The average Bonchev–Trinajstić information content (AvgIpc) is 2.44. The molecule has 106 valence electrons. The van der Waals surface area contributed by atoms with Crippen LogP contribution in [0.5, 0.6) is 0 Å². The van der Waals surface area contributed by atoms with Crippen molar-refractivity contribution in [3.8, 4) is 11.1 Å². The van der Waals surface area contributed by atoms with Gasteiger partial charge >= 0.3 is 7.60 Å². The third kappa shape index (κ3) is 4.93. The molecule has 0 bridgehead atoms. The maximum Gasteiger partial charge on any atom is 0.325 e. The highest BCUT2D eigenvalue weighted by Crippen LogP contribution is 2.35. The molecule has 0 heterocycles. The lowest BCUT2D eigenvalue weighted by Gasteiger charge is -2.05. The summed E-state index contributed by atoms with van der Waals surface area (Å²) < 4.78 is 10.7. The Balaban J connectivity index is 1.88. The largest absolute Gasteiger partial charge is 0.325 e. The zero-order valence-electron chi connectivity index (χ0n) is 11.3. The summed E-state index contributed by atoms with van der Waals surface area (Å²) in [6, 6.07) is 18.5. The van der Waals surface area contributed by atoms with Gasteiger partial charge in [-0.2, -0.15) is 0 Å². The van der Waals surface area contributed by atoms with E-state index in [0.29, 0.717) is 6.42 Å². The zero-order chi connectivity index (χ0) is 14.4. The van der Waals surface area contributed by atoms with Gasteiger partial charge in [-0.05, 0) is 36.0 Å². The van der Waals surface area contributed by atoms with Crippen molar-refractivity contribution in [3.63, 3.8) is 0 Å². The molecular formula is C16H19O3P. The lowest BCUT2D eigenvalue weighted by atomic mass is 10.0. The van der Waals surface area contributed by atoms with Gasteiger partial charge in [0, 0.05) is 6.16 Å². The maximum atomic E-state index is 10.7. The molecule has 0 aliphatic rings. The SMILES string of the molecule is O=P(O)(O)CCCCc1ccc(-c2ccccc2)cc1. The first-order chi connectivity index (χ1) is 9.54. The molecule has 2 aromatic carbocycles. The van der Waals surface area contributed by atoms with E-state index in [9.17, 15) is 4.57 Å². The standard InChI is InChI=1S/C16H19O3P/c17-20(18,19)13-5-4-6-14-9-11-16(12-10-14)15-7-2-1-3-8-15/h1-3,7-12H,4-6,13H2,(H2,17,18,19). The lowest BCUT2D eigenvalue weighted by Crippen LogP contribution is -1.91. The molecule has 0 saturated carbocycles. The van der Waals surface area contributed by atoms with Gasteiger partial charge in [0.2, 0.25) is 0 Å². The fourth-order valence-corrected chi connectivity index (χ4v) is 2.78. The Kier molecular flexibility index (Phi) is 5.13. The lowest BCUT2D eigenvalue weighted by molar-refractivity contribution is 0.371. The second kappa shape index (κ2) is 6.85. The highest BCUT2D eigenvalue weighted by molar-refractivity contribution is 7.51. The number of rotatable bonds is 6. The molecule has 0 saturated heterocycles. The Morgan fingerprint density at radius 2 is 1.40 bits per heavy atom. The zero-order valence-corrected chi connectivity index (χ0v) is 12.2. The summed E-state index contributed by atoms with van der Waals surface area (Å²) in [6.07, 6.45) is 2.20. The van der Waals surface area contributed by atoms with E-state index in [1.165, 1.54) is 16.7 Å². The smallest absolute Gasteiger partial charge is 0.324 e. The van der Waals surface area contributed by atoms with E-state index < -0.39 is 7.60 Å². The highest BCUT2D eigenvalue weighted by atomic mass is 31.2. The number of hydrogen-bond donors (Lipinski definition) is 2. The summed E-state index contributed by atoms with van der Waals surface area (Å²) in [4.78, 5) is 17.6. The van der Waals surface area contributed by atoms with Crippen LogP contribution in [-0.2, 0) is 11.0 Å². The Morgan fingerprint density at radius 3 is 2.00 bits per heavy atom. The van der Waals surface area contributed by atoms with Crippen molar-refractivity contribution in [2.24, 2.45) is 0 Å². The van der Waals surface area contributed by atoms with Crippen LogP contribution in [0.25, 0.3) is 11.1 Å². The Hall–Kier alpha value is -1.41. The summed E-state index contributed by atoms with van der Waals surface area (Å²) in [7, 11) is -3.83. The van der Waals surface area contributed by atoms with Crippen molar-refractivity contribution in [2.75, 3.05) is 6.16 Å². The van der Waals surface area contributed by atoms with Crippen LogP contribution in [0.3, 0.4) is 0 Å². The van der Waals surface area contributed by atoms with Crippen molar-refractivity contribution in [2.45, 2.75) is 19.3 Å². The Labute approximate surface area is 119 Å². The van der Waals surface area contributed by atoms with E-state index in [1.807, 2.05) is 18.2 Å². The quantitative estimate of drug-likeness (QED) is 0.627. The second-order valence-corrected chi connectivity index (χ2v) is 6.68. The monoisotopic (exact) mass is 290 g/mol. The van der Waals surface area contributed by atoms with Gasteiger partial charge in [0.05, 0.1) is 0 Å². The summed E-state index contributed by atoms with van der Waals surface area (Å²) >= 11 is 0. The van der Waals surface area contributed by atoms with Crippen LogP contribution in [-0.4, -0.2) is 15.9 Å². The van der Waals surface area contributed by atoms with Crippen LogP contribution in [0.2, 0.25) is 0 Å². The molecule has 0 fully saturated rings. The third-order valence-corrected chi connectivity index (χ3v) is 4.12. The van der Waals surface area contributed by atoms with Gasteiger partial charge in [-0.1, -0.05) is 54.6 Å². The van der Waals surface area contributed by atoms with Crippen LogP contribution in [0.1, 0.15) is 18.4 Å². The predicted octanol–water partition coefficient (Wildman–Crippen LogP) is 3.85. The molecule has 0 atom stereocenters. The molecule has 0 spiro atoms. The molecule has 20 heavy (non-hydrogen) atoms. The van der Waals surface area contributed by atoms with Gasteiger partial charge in [0.1, 0.15) is 0 Å². The van der Waals surface area contributed by atoms with Gasteiger partial charge in [0.15, 0.2) is 0 Å². The average molecular weight is 290 g/mol. The third-order valence-electron chi connectivity index (χ3n) is 3.23. The molecule has 0 aliphatic heterocycles. The van der Waals surface area contributed by atoms with E-state index in [1.54, 1.807) is 0 Å². The van der Waals surface area contributed by atoms with Gasteiger partial charge in [-0.3, -0.25) is 4.57 Å². The summed E-state index contributed by atoms with van der Waals surface area (Å²) in [5, 5.41) is 0. The molecule has 3 nitrogen and oxygen atoms in total. The summed E-state index contributed by atoms with van der Waals surface area (Å²) in [5.74, 6) is 0. The minimum Gasteiger partial charge on any atom is -0.324 e. The van der Waals surface area contributed by atoms with Crippen LogP contribution < -0.4 is 0 Å². The molecular weight excluding hydrogens is 271 g/mol. The fourth-order valence-electron chi connectivity index (χ4n) is 2.14. The van der Waals surface area contributed by atoms with Crippen molar-refractivity contribution >= 4 is 7.60 Å². The maximum absolute atomic E-state index is 10.7. The first-order valence-corrected chi connectivity index (χ1v) is 8.53. The molecule has 2 rings (SSSR count). The molecule has 2 N–H and O–H groups in total. The first-order valence-electron chi connectivity index (χ1n) is 6.73. The number of benzene rings is 2. The molecule has 0 amide bonds. The Morgan fingerprint density at radius 1 is 0.800 bits per heavy atom. The van der Waals surface area contributed by atoms with Gasteiger partial charge in [-0.15, -0.1) is 0 Å². The highest BCUT2D eigenvalue weighted by Gasteiger charge is 2.11. The number of aryl methyl sites for hydroxylation is 1. The normalized spacial score (nSPS) is 11.5. The molecule has 0 aliphatic carbocycles. The van der Waals surface area contributed by atoms with E-state index in [0.717, 1.165) is 12.8 Å². The molecule has 0 aromatic heterocycles. The molecule has 0 radical (unpaired) electrons. The van der Waals surface area contributed by atoms with Crippen molar-refractivity contribution in [1.29, 1.82) is 0 Å². The molecule has 0 unspecified atom stereocenters. The van der Waals surface area contributed by atoms with Crippen LogP contribution in [0.4, 0.5) is 0 Å². The first kappa shape index (κ1) is 15.0. The van der Waals surface area contributed by atoms with Crippen LogP contribution in [0, 0.1) is 0 Å². The molecule has 2 aromatic rings. The van der Waals surface area contributed by atoms with Crippen molar-refractivity contribution in [1.82, 2.24) is 0 Å². The second-order valence-electron chi connectivity index (χ2n) is 4.91. The summed E-state index contributed by atoms with van der Waals surface area (Å²) in [6.45, 7) is 0. The van der Waals surface area contributed by atoms with E-state index in [4.69, 9.17) is 9.79 Å². The fraction of sp³-hybridized carbons (Fsp3) is 0.250. The topological polar surface area (TPSA) is 57.5 Å². The minimum absolute atomic E-state index is 0.0188. The van der Waals surface area contributed by atoms with Crippen molar-refractivity contribution in [3.05, 3.63) is 60.2 Å².